The Kier molecular flexibility index (Phi) is 4.82. The van der Waals surface area contributed by atoms with Crippen molar-refractivity contribution in [1.82, 2.24) is 14.5 Å². The number of hydrogen-bond donors (Lipinski definition) is 2. The summed E-state index contributed by atoms with van der Waals surface area (Å²) in [5, 5.41) is 7.00. The van der Waals surface area contributed by atoms with Gasteiger partial charge in [0.05, 0.1) is 17.6 Å². The fourth-order valence-corrected chi connectivity index (χ4v) is 2.71. The molecule has 0 amide bonds. The first kappa shape index (κ1) is 15.5. The normalized spacial score (nSPS) is 15.3. The first-order valence-corrected chi connectivity index (χ1v) is 8.78. The van der Waals surface area contributed by atoms with Crippen LogP contribution in [0, 0.1) is 5.92 Å². The van der Waals surface area contributed by atoms with E-state index in [2.05, 4.69) is 31.1 Å². The topological polar surface area (TPSA) is 93.1 Å². The second-order valence-corrected chi connectivity index (χ2v) is 7.59. The second-order valence-electron chi connectivity index (χ2n) is 4.75. The monoisotopic (exact) mass is 364 g/mol. The molecule has 0 saturated heterocycles. The molecule has 1 aliphatic carbocycles. The van der Waals surface area contributed by atoms with Crippen molar-refractivity contribution in [3.05, 3.63) is 21.0 Å². The SMILES string of the molecule is CNS(=O)(=O)CCNc1cnn(CC2CC2)c(=O)c1Br. The molecule has 0 atom stereocenters. The van der Waals surface area contributed by atoms with Gasteiger partial charge in [-0.15, -0.1) is 0 Å². The zero-order valence-electron chi connectivity index (χ0n) is 11.1. The Hall–Kier alpha value is -0.930. The van der Waals surface area contributed by atoms with Crippen LogP contribution in [-0.4, -0.2) is 37.5 Å². The molecule has 20 heavy (non-hydrogen) atoms. The Morgan fingerprint density at radius 1 is 1.50 bits per heavy atom. The maximum Gasteiger partial charge on any atom is 0.283 e. The van der Waals surface area contributed by atoms with Crippen LogP contribution in [0.5, 0.6) is 0 Å². The lowest BCUT2D eigenvalue weighted by Gasteiger charge is -2.10. The lowest BCUT2D eigenvalue weighted by molar-refractivity contribution is 0.532. The highest BCUT2D eigenvalue weighted by Crippen LogP contribution is 2.30. The number of nitrogens with one attached hydrogen (secondary N) is 2. The Bertz CT molecular complexity index is 640. The molecule has 112 valence electrons. The van der Waals surface area contributed by atoms with E-state index < -0.39 is 10.0 Å². The molecule has 2 rings (SSSR count). The first-order valence-electron chi connectivity index (χ1n) is 6.33. The summed E-state index contributed by atoms with van der Waals surface area (Å²) in [5.74, 6) is 0.493. The fourth-order valence-electron chi connectivity index (χ4n) is 1.69. The molecule has 1 fully saturated rings. The van der Waals surface area contributed by atoms with Crippen LogP contribution < -0.4 is 15.6 Å². The molecule has 7 nitrogen and oxygen atoms in total. The molecule has 0 aliphatic heterocycles. The highest BCUT2D eigenvalue weighted by atomic mass is 79.9. The highest BCUT2D eigenvalue weighted by molar-refractivity contribution is 9.10. The molecular weight excluding hydrogens is 348 g/mol. The fraction of sp³-hybridized carbons (Fsp3) is 0.636. The third-order valence-electron chi connectivity index (χ3n) is 3.11. The number of rotatable bonds is 7. The average Bonchev–Trinajstić information content (AvgIpc) is 3.22. The van der Waals surface area contributed by atoms with Crippen LogP contribution in [0.3, 0.4) is 0 Å². The van der Waals surface area contributed by atoms with Crippen LogP contribution in [0.2, 0.25) is 0 Å². The summed E-state index contributed by atoms with van der Waals surface area (Å²) in [7, 11) is -1.89. The molecule has 1 heterocycles. The van der Waals surface area contributed by atoms with E-state index in [0.717, 1.165) is 12.8 Å². The number of halogens is 1. The van der Waals surface area contributed by atoms with Crippen LogP contribution in [0.25, 0.3) is 0 Å². The number of hydrogen-bond acceptors (Lipinski definition) is 5. The van der Waals surface area contributed by atoms with Gasteiger partial charge in [0.15, 0.2) is 0 Å². The summed E-state index contributed by atoms with van der Waals surface area (Å²) in [4.78, 5) is 12.1. The molecule has 1 aliphatic rings. The van der Waals surface area contributed by atoms with Gasteiger partial charge in [0.2, 0.25) is 10.0 Å². The lowest BCUT2D eigenvalue weighted by atomic mass is 10.4. The molecule has 2 N–H and O–H groups in total. The number of nitrogens with zero attached hydrogens (tertiary/aromatic N) is 2. The Morgan fingerprint density at radius 2 is 2.20 bits per heavy atom. The van der Waals surface area contributed by atoms with Gasteiger partial charge in [0.1, 0.15) is 4.47 Å². The van der Waals surface area contributed by atoms with E-state index in [1.165, 1.54) is 11.7 Å². The number of anilines is 1. The minimum atomic E-state index is -3.26. The van der Waals surface area contributed by atoms with Crippen LogP contribution in [0.15, 0.2) is 15.5 Å². The third-order valence-corrected chi connectivity index (χ3v) is 5.24. The van der Waals surface area contributed by atoms with Crippen molar-refractivity contribution < 1.29 is 8.42 Å². The molecule has 1 aromatic heterocycles. The van der Waals surface area contributed by atoms with Gasteiger partial charge < -0.3 is 5.32 Å². The summed E-state index contributed by atoms with van der Waals surface area (Å²) in [6.45, 7) is 0.849. The lowest BCUT2D eigenvalue weighted by Crippen LogP contribution is -2.28. The van der Waals surface area contributed by atoms with Crippen molar-refractivity contribution >= 4 is 31.6 Å². The van der Waals surface area contributed by atoms with Crippen LogP contribution in [0.1, 0.15) is 12.8 Å². The van der Waals surface area contributed by atoms with Gasteiger partial charge in [0, 0.05) is 13.1 Å². The molecule has 0 bridgehead atoms. The molecule has 0 unspecified atom stereocenters. The van der Waals surface area contributed by atoms with Gasteiger partial charge in [0.25, 0.3) is 5.56 Å². The summed E-state index contributed by atoms with van der Waals surface area (Å²) in [6, 6.07) is 0. The molecule has 1 aromatic rings. The maximum absolute atomic E-state index is 12.1. The summed E-state index contributed by atoms with van der Waals surface area (Å²) >= 11 is 3.24. The third kappa shape index (κ3) is 4.03. The summed E-state index contributed by atoms with van der Waals surface area (Å²) in [5.41, 5.74) is 0.312. The van der Waals surface area contributed by atoms with Gasteiger partial charge in [-0.2, -0.15) is 5.10 Å². The second kappa shape index (κ2) is 6.23. The predicted molar refractivity (Wildman–Crippen MR) is 80.3 cm³/mol. The smallest absolute Gasteiger partial charge is 0.283 e. The summed E-state index contributed by atoms with van der Waals surface area (Å²) < 4.78 is 26.6. The molecule has 0 spiro atoms. The van der Waals surface area contributed by atoms with Crippen molar-refractivity contribution in [2.24, 2.45) is 5.92 Å². The highest BCUT2D eigenvalue weighted by Gasteiger charge is 2.23. The average molecular weight is 365 g/mol. The Balaban J connectivity index is 2.02. The minimum Gasteiger partial charge on any atom is -0.382 e. The van der Waals surface area contributed by atoms with Crippen LogP contribution >= 0.6 is 15.9 Å². The first-order chi connectivity index (χ1) is 9.43. The van der Waals surface area contributed by atoms with Gasteiger partial charge in [-0.05, 0) is 41.7 Å². The van der Waals surface area contributed by atoms with Crippen LogP contribution in [0.4, 0.5) is 5.69 Å². The molecular formula is C11H17BrN4O3S. The van der Waals surface area contributed by atoms with Crippen molar-refractivity contribution in [2.45, 2.75) is 19.4 Å². The van der Waals surface area contributed by atoms with E-state index in [4.69, 9.17) is 0 Å². The molecule has 0 aromatic carbocycles. The zero-order valence-corrected chi connectivity index (χ0v) is 13.5. The van der Waals surface area contributed by atoms with Crippen molar-refractivity contribution in [1.29, 1.82) is 0 Å². The predicted octanol–water partition coefficient (Wildman–Crippen LogP) is 0.377. The maximum atomic E-state index is 12.1. The largest absolute Gasteiger partial charge is 0.382 e. The van der Waals surface area contributed by atoms with Gasteiger partial charge >= 0.3 is 0 Å². The molecule has 9 heteroatoms. The van der Waals surface area contributed by atoms with Gasteiger partial charge in [-0.3, -0.25) is 4.79 Å². The van der Waals surface area contributed by atoms with Gasteiger partial charge in [-0.25, -0.2) is 17.8 Å². The van der Waals surface area contributed by atoms with E-state index in [0.29, 0.717) is 22.6 Å². The van der Waals surface area contributed by atoms with E-state index in [1.807, 2.05) is 0 Å². The zero-order chi connectivity index (χ0) is 14.8. The molecule has 0 radical (unpaired) electrons. The van der Waals surface area contributed by atoms with Crippen LogP contribution in [-0.2, 0) is 16.6 Å². The molecule has 1 saturated carbocycles. The van der Waals surface area contributed by atoms with Crippen molar-refractivity contribution in [3.8, 4) is 0 Å². The summed E-state index contributed by atoms with van der Waals surface area (Å²) in [6.07, 6.45) is 3.83. The van der Waals surface area contributed by atoms with Crippen molar-refractivity contribution in [3.63, 3.8) is 0 Å². The van der Waals surface area contributed by atoms with Crippen molar-refractivity contribution in [2.75, 3.05) is 24.7 Å². The minimum absolute atomic E-state index is 0.0684. The Morgan fingerprint density at radius 3 is 2.80 bits per heavy atom. The number of sulfonamides is 1. The van der Waals surface area contributed by atoms with E-state index in [-0.39, 0.29) is 17.9 Å². The number of aromatic nitrogens is 2. The van der Waals surface area contributed by atoms with E-state index in [1.54, 1.807) is 6.20 Å². The quantitative estimate of drug-likeness (QED) is 0.729. The standard InChI is InChI=1S/C11H17BrN4O3S/c1-13-20(18,19)5-4-14-9-6-15-16(7-8-2-3-8)11(17)10(9)12/h6,8,13-14H,2-5,7H2,1H3. The van der Waals surface area contributed by atoms with Gasteiger partial charge in [-0.1, -0.05) is 0 Å². The van der Waals surface area contributed by atoms with E-state index in [9.17, 15) is 13.2 Å². The van der Waals surface area contributed by atoms with E-state index >= 15 is 0 Å². The Labute approximate surface area is 125 Å².